The van der Waals surface area contributed by atoms with Gasteiger partial charge in [-0.1, -0.05) is 5.57 Å². The molecule has 5 nitrogen and oxygen atoms in total. The van der Waals surface area contributed by atoms with E-state index in [0.29, 0.717) is 19.7 Å². The molecule has 0 fully saturated rings. The molecule has 0 heterocycles. The summed E-state index contributed by atoms with van der Waals surface area (Å²) in [4.78, 5) is 24.9. The van der Waals surface area contributed by atoms with Crippen molar-refractivity contribution in [1.82, 2.24) is 4.90 Å². The van der Waals surface area contributed by atoms with Crippen molar-refractivity contribution in [3.8, 4) is 0 Å². The zero-order valence-corrected chi connectivity index (χ0v) is 13.3. The second-order valence-corrected chi connectivity index (χ2v) is 5.15. The molecule has 0 bridgehead atoms. The van der Waals surface area contributed by atoms with Gasteiger partial charge >= 0.3 is 5.97 Å². The van der Waals surface area contributed by atoms with Crippen LogP contribution in [0.1, 0.15) is 40.5 Å². The lowest BCUT2D eigenvalue weighted by atomic mass is 10.2. The van der Waals surface area contributed by atoms with Crippen LogP contribution in [-0.4, -0.2) is 49.7 Å². The average molecular weight is 285 g/mol. The Morgan fingerprint density at radius 2 is 1.85 bits per heavy atom. The van der Waals surface area contributed by atoms with E-state index >= 15 is 0 Å². The minimum atomic E-state index is -0.307. The van der Waals surface area contributed by atoms with E-state index in [2.05, 4.69) is 4.74 Å². The second kappa shape index (κ2) is 10.4. The summed E-state index contributed by atoms with van der Waals surface area (Å²) in [7, 11) is 1.35. The Bertz CT molecular complexity index is 333. The fourth-order valence-corrected chi connectivity index (χ4v) is 1.57. The van der Waals surface area contributed by atoms with E-state index in [1.54, 1.807) is 11.0 Å². The highest BCUT2D eigenvalue weighted by Gasteiger charge is 2.13. The Hall–Kier alpha value is -1.36. The van der Waals surface area contributed by atoms with Crippen molar-refractivity contribution in [2.24, 2.45) is 0 Å². The van der Waals surface area contributed by atoms with E-state index in [1.165, 1.54) is 7.11 Å². The van der Waals surface area contributed by atoms with E-state index in [1.807, 2.05) is 27.7 Å². The molecule has 0 saturated carbocycles. The van der Waals surface area contributed by atoms with E-state index in [0.717, 1.165) is 12.0 Å². The van der Waals surface area contributed by atoms with Crippen molar-refractivity contribution in [3.63, 3.8) is 0 Å². The van der Waals surface area contributed by atoms with E-state index in [-0.39, 0.29) is 24.4 Å². The van der Waals surface area contributed by atoms with Gasteiger partial charge in [0, 0.05) is 25.8 Å². The van der Waals surface area contributed by atoms with Crippen LogP contribution in [0.5, 0.6) is 0 Å². The van der Waals surface area contributed by atoms with Crippen molar-refractivity contribution in [1.29, 1.82) is 0 Å². The van der Waals surface area contributed by atoms with Crippen LogP contribution in [0.4, 0.5) is 0 Å². The number of allylic oxidation sites excluding steroid dienone is 1. The summed E-state index contributed by atoms with van der Waals surface area (Å²) >= 11 is 0. The molecular weight excluding hydrogens is 258 g/mol. The Labute approximate surface area is 121 Å². The van der Waals surface area contributed by atoms with Gasteiger partial charge in [0.25, 0.3) is 0 Å². The molecule has 0 unspecified atom stereocenters. The number of hydrogen-bond acceptors (Lipinski definition) is 4. The predicted octanol–water partition coefficient (Wildman–Crippen LogP) is 2.16. The lowest BCUT2D eigenvalue weighted by Gasteiger charge is -2.21. The number of hydrogen-bond donors (Lipinski definition) is 0. The first-order valence-electron chi connectivity index (χ1n) is 6.99. The van der Waals surface area contributed by atoms with Crippen molar-refractivity contribution in [2.75, 3.05) is 26.8 Å². The monoisotopic (exact) mass is 285 g/mol. The summed E-state index contributed by atoms with van der Waals surface area (Å²) in [5, 5.41) is 0. The molecule has 0 N–H and O–H groups in total. The highest BCUT2D eigenvalue weighted by molar-refractivity contribution is 5.88. The first-order chi connectivity index (χ1) is 9.36. The SMILES string of the molecule is COC(=O)CCN(CCCOC(C)C)C(=O)C=C(C)C. The molecule has 0 saturated heterocycles. The van der Waals surface area contributed by atoms with E-state index in [4.69, 9.17) is 4.74 Å². The minimum absolute atomic E-state index is 0.0709. The number of rotatable bonds is 9. The maximum absolute atomic E-state index is 12.0. The third-order valence-corrected chi connectivity index (χ3v) is 2.56. The number of methoxy groups -OCH3 is 1. The normalized spacial score (nSPS) is 10.3. The van der Waals surface area contributed by atoms with Gasteiger partial charge in [0.2, 0.25) is 5.91 Å². The molecular formula is C15H27NO4. The number of carbonyl (C=O) groups is 2. The average Bonchev–Trinajstić information content (AvgIpc) is 2.35. The van der Waals surface area contributed by atoms with Gasteiger partial charge < -0.3 is 14.4 Å². The molecule has 0 rings (SSSR count). The molecule has 0 aliphatic rings. The Balaban J connectivity index is 4.35. The van der Waals surface area contributed by atoms with Crippen LogP contribution < -0.4 is 0 Å². The van der Waals surface area contributed by atoms with Gasteiger partial charge in [0.15, 0.2) is 0 Å². The summed E-state index contributed by atoms with van der Waals surface area (Å²) in [5.74, 6) is -0.378. The molecule has 0 aliphatic heterocycles. The second-order valence-electron chi connectivity index (χ2n) is 5.15. The van der Waals surface area contributed by atoms with Crippen LogP contribution in [0, 0.1) is 0 Å². The number of nitrogens with zero attached hydrogens (tertiary/aromatic N) is 1. The fraction of sp³-hybridized carbons (Fsp3) is 0.733. The zero-order valence-electron chi connectivity index (χ0n) is 13.3. The number of amides is 1. The number of ether oxygens (including phenoxy) is 2. The molecule has 0 spiro atoms. The van der Waals surface area contributed by atoms with Crippen LogP contribution in [0.3, 0.4) is 0 Å². The Morgan fingerprint density at radius 1 is 1.20 bits per heavy atom. The van der Waals surface area contributed by atoms with Crippen LogP contribution in [0.2, 0.25) is 0 Å². The van der Waals surface area contributed by atoms with Crippen molar-refractivity contribution in [3.05, 3.63) is 11.6 Å². The summed E-state index contributed by atoms with van der Waals surface area (Å²) in [6, 6.07) is 0. The first-order valence-corrected chi connectivity index (χ1v) is 6.99. The molecule has 116 valence electrons. The molecule has 0 aliphatic carbocycles. The summed E-state index contributed by atoms with van der Waals surface area (Å²) in [6.07, 6.45) is 2.73. The fourth-order valence-electron chi connectivity index (χ4n) is 1.57. The molecule has 0 aromatic carbocycles. The van der Waals surface area contributed by atoms with Crippen molar-refractivity contribution in [2.45, 2.75) is 46.6 Å². The largest absolute Gasteiger partial charge is 0.469 e. The third-order valence-electron chi connectivity index (χ3n) is 2.56. The van der Waals surface area contributed by atoms with Gasteiger partial charge in [-0.3, -0.25) is 9.59 Å². The standard InChI is InChI=1S/C15H27NO4/c1-12(2)11-14(17)16(9-7-15(18)19-5)8-6-10-20-13(3)4/h11,13H,6-10H2,1-5H3. The lowest BCUT2D eigenvalue weighted by Crippen LogP contribution is -2.33. The molecule has 0 aromatic rings. The summed E-state index contributed by atoms with van der Waals surface area (Å²) < 4.78 is 10.1. The molecule has 0 aromatic heterocycles. The quantitative estimate of drug-likeness (QED) is 0.370. The molecule has 0 radical (unpaired) electrons. The number of esters is 1. The highest BCUT2D eigenvalue weighted by Crippen LogP contribution is 2.02. The van der Waals surface area contributed by atoms with Gasteiger partial charge in [-0.15, -0.1) is 0 Å². The van der Waals surface area contributed by atoms with Gasteiger partial charge in [-0.2, -0.15) is 0 Å². The maximum Gasteiger partial charge on any atom is 0.307 e. The number of carbonyl (C=O) groups excluding carboxylic acids is 2. The van der Waals surface area contributed by atoms with Crippen LogP contribution >= 0.6 is 0 Å². The highest BCUT2D eigenvalue weighted by atomic mass is 16.5. The Kier molecular flexibility index (Phi) is 9.72. The minimum Gasteiger partial charge on any atom is -0.469 e. The van der Waals surface area contributed by atoms with Crippen LogP contribution in [-0.2, 0) is 19.1 Å². The van der Waals surface area contributed by atoms with E-state index in [9.17, 15) is 9.59 Å². The lowest BCUT2D eigenvalue weighted by molar-refractivity contribution is -0.141. The first kappa shape index (κ1) is 18.6. The van der Waals surface area contributed by atoms with Crippen LogP contribution in [0.25, 0.3) is 0 Å². The van der Waals surface area contributed by atoms with Gasteiger partial charge in [0.1, 0.15) is 0 Å². The molecule has 5 heteroatoms. The third kappa shape index (κ3) is 9.55. The van der Waals surface area contributed by atoms with Crippen molar-refractivity contribution >= 4 is 11.9 Å². The smallest absolute Gasteiger partial charge is 0.307 e. The summed E-state index contributed by atoms with van der Waals surface area (Å²) in [6.45, 7) is 9.25. The molecule has 1 amide bonds. The van der Waals surface area contributed by atoms with Crippen molar-refractivity contribution < 1.29 is 19.1 Å². The molecule has 0 atom stereocenters. The van der Waals surface area contributed by atoms with Crippen LogP contribution in [0.15, 0.2) is 11.6 Å². The zero-order chi connectivity index (χ0) is 15.5. The van der Waals surface area contributed by atoms with Gasteiger partial charge in [0.05, 0.1) is 19.6 Å². The van der Waals surface area contributed by atoms with Gasteiger partial charge in [-0.05, 0) is 34.1 Å². The topological polar surface area (TPSA) is 55.8 Å². The van der Waals surface area contributed by atoms with E-state index < -0.39 is 0 Å². The Morgan fingerprint density at radius 3 is 2.35 bits per heavy atom. The maximum atomic E-state index is 12.0. The predicted molar refractivity (Wildman–Crippen MR) is 78.3 cm³/mol. The molecule has 20 heavy (non-hydrogen) atoms. The van der Waals surface area contributed by atoms with Gasteiger partial charge in [-0.25, -0.2) is 0 Å². The summed E-state index contributed by atoms with van der Waals surface area (Å²) in [5.41, 5.74) is 0.941.